The maximum absolute atomic E-state index is 9.15. The van der Waals surface area contributed by atoms with Gasteiger partial charge in [0.05, 0.1) is 18.2 Å². The molecule has 0 atom stereocenters. The van der Waals surface area contributed by atoms with E-state index >= 15 is 0 Å². The van der Waals surface area contributed by atoms with Gasteiger partial charge in [-0.1, -0.05) is 18.2 Å². The fraction of sp³-hybridized carbons (Fsp3) is 0.0625. The fourth-order valence-corrected chi connectivity index (χ4v) is 2.14. The van der Waals surface area contributed by atoms with Crippen molar-refractivity contribution < 1.29 is 0 Å². The number of nitriles is 1. The third-order valence-corrected chi connectivity index (χ3v) is 3.11. The molecule has 0 saturated carbocycles. The van der Waals surface area contributed by atoms with Crippen molar-refractivity contribution in [3.05, 3.63) is 72.3 Å². The zero-order valence-electron chi connectivity index (χ0n) is 10.8. The quantitative estimate of drug-likeness (QED) is 0.727. The average molecular weight is 260 g/mol. The summed E-state index contributed by atoms with van der Waals surface area (Å²) in [5, 5.41) is 9.15. The van der Waals surface area contributed by atoms with Crippen LogP contribution in [0.25, 0.3) is 11.4 Å². The van der Waals surface area contributed by atoms with Crippen LogP contribution >= 0.6 is 0 Å². The van der Waals surface area contributed by atoms with E-state index in [1.54, 1.807) is 18.6 Å². The van der Waals surface area contributed by atoms with Crippen molar-refractivity contribution >= 4 is 0 Å². The lowest BCUT2D eigenvalue weighted by atomic mass is 10.1. The van der Waals surface area contributed by atoms with Gasteiger partial charge in [-0.2, -0.15) is 5.26 Å². The molecule has 4 heteroatoms. The van der Waals surface area contributed by atoms with Crippen LogP contribution in [0.2, 0.25) is 0 Å². The van der Waals surface area contributed by atoms with Crippen LogP contribution in [0.3, 0.4) is 0 Å². The van der Waals surface area contributed by atoms with Gasteiger partial charge in [-0.05, 0) is 23.8 Å². The summed E-state index contributed by atoms with van der Waals surface area (Å²) in [7, 11) is 0. The van der Waals surface area contributed by atoms with E-state index in [1.807, 2.05) is 47.2 Å². The highest BCUT2D eigenvalue weighted by Crippen LogP contribution is 2.18. The van der Waals surface area contributed by atoms with Crippen LogP contribution < -0.4 is 0 Å². The molecule has 0 bridgehead atoms. The van der Waals surface area contributed by atoms with Gasteiger partial charge in [0, 0.05) is 30.4 Å². The van der Waals surface area contributed by atoms with Crippen LogP contribution in [0.5, 0.6) is 0 Å². The molecule has 0 unspecified atom stereocenters. The van der Waals surface area contributed by atoms with Crippen LogP contribution in [-0.4, -0.2) is 14.5 Å². The topological polar surface area (TPSA) is 54.5 Å². The predicted octanol–water partition coefficient (Wildman–Crippen LogP) is 2.87. The van der Waals surface area contributed by atoms with E-state index < -0.39 is 0 Å². The second-order valence-electron chi connectivity index (χ2n) is 4.39. The van der Waals surface area contributed by atoms with E-state index in [0.717, 1.165) is 17.0 Å². The Labute approximate surface area is 117 Å². The second kappa shape index (κ2) is 5.37. The molecule has 0 N–H and O–H groups in total. The minimum atomic E-state index is 0.619. The number of pyridine rings is 1. The van der Waals surface area contributed by atoms with E-state index in [1.165, 1.54) is 0 Å². The standard InChI is InChI=1S/C16H12N4/c17-10-13-4-1-2-5-15(13)12-20-9-8-19-16(20)14-6-3-7-18-11-14/h1-9,11H,12H2. The molecular weight excluding hydrogens is 248 g/mol. The van der Waals surface area contributed by atoms with Crippen molar-refractivity contribution in [1.82, 2.24) is 14.5 Å². The second-order valence-corrected chi connectivity index (χ2v) is 4.39. The molecule has 1 aromatic carbocycles. The van der Waals surface area contributed by atoms with Crippen molar-refractivity contribution in [1.29, 1.82) is 5.26 Å². The summed E-state index contributed by atoms with van der Waals surface area (Å²) in [4.78, 5) is 8.49. The molecule has 20 heavy (non-hydrogen) atoms. The highest BCUT2D eigenvalue weighted by atomic mass is 15.1. The van der Waals surface area contributed by atoms with Crippen LogP contribution in [0.15, 0.2) is 61.2 Å². The van der Waals surface area contributed by atoms with Gasteiger partial charge in [-0.3, -0.25) is 4.98 Å². The van der Waals surface area contributed by atoms with E-state index in [0.29, 0.717) is 12.1 Å². The zero-order chi connectivity index (χ0) is 13.8. The van der Waals surface area contributed by atoms with Crippen molar-refractivity contribution in [3.63, 3.8) is 0 Å². The van der Waals surface area contributed by atoms with Gasteiger partial charge in [0.25, 0.3) is 0 Å². The molecule has 96 valence electrons. The fourth-order valence-electron chi connectivity index (χ4n) is 2.14. The molecule has 4 nitrogen and oxygen atoms in total. The summed E-state index contributed by atoms with van der Waals surface area (Å²) in [6.07, 6.45) is 7.20. The number of hydrogen-bond acceptors (Lipinski definition) is 3. The molecular formula is C16H12N4. The highest BCUT2D eigenvalue weighted by Gasteiger charge is 2.08. The molecule has 0 aliphatic heterocycles. The molecule has 2 aromatic heterocycles. The number of hydrogen-bond donors (Lipinski definition) is 0. The summed E-state index contributed by atoms with van der Waals surface area (Å²) in [5.41, 5.74) is 2.64. The Morgan fingerprint density at radius 3 is 2.80 bits per heavy atom. The first kappa shape index (κ1) is 12.1. The molecule has 3 rings (SSSR count). The third kappa shape index (κ3) is 2.29. The van der Waals surface area contributed by atoms with Gasteiger partial charge in [-0.15, -0.1) is 0 Å². The lowest BCUT2D eigenvalue weighted by molar-refractivity contribution is 0.804. The number of benzene rings is 1. The summed E-state index contributed by atoms with van der Waals surface area (Å²) in [5.74, 6) is 0.853. The Morgan fingerprint density at radius 2 is 2.00 bits per heavy atom. The maximum atomic E-state index is 9.15. The molecule has 0 fully saturated rings. The van der Waals surface area contributed by atoms with E-state index in [-0.39, 0.29) is 0 Å². The maximum Gasteiger partial charge on any atom is 0.141 e. The summed E-state index contributed by atoms with van der Waals surface area (Å²) in [6, 6.07) is 13.7. The van der Waals surface area contributed by atoms with Crippen molar-refractivity contribution in [2.45, 2.75) is 6.54 Å². The molecule has 0 aliphatic rings. The smallest absolute Gasteiger partial charge is 0.141 e. The van der Waals surface area contributed by atoms with Gasteiger partial charge in [0.1, 0.15) is 5.82 Å². The van der Waals surface area contributed by atoms with Crippen LogP contribution in [0.1, 0.15) is 11.1 Å². The highest BCUT2D eigenvalue weighted by molar-refractivity contribution is 5.54. The van der Waals surface area contributed by atoms with Crippen LogP contribution in [-0.2, 0) is 6.54 Å². The van der Waals surface area contributed by atoms with Gasteiger partial charge in [-0.25, -0.2) is 4.98 Å². The van der Waals surface area contributed by atoms with Crippen molar-refractivity contribution in [2.24, 2.45) is 0 Å². The normalized spacial score (nSPS) is 10.2. The largest absolute Gasteiger partial charge is 0.326 e. The molecule has 0 spiro atoms. The summed E-state index contributed by atoms with van der Waals surface area (Å²) >= 11 is 0. The Morgan fingerprint density at radius 1 is 1.10 bits per heavy atom. The minimum absolute atomic E-state index is 0.619. The molecule has 0 radical (unpaired) electrons. The Balaban J connectivity index is 1.98. The van der Waals surface area contributed by atoms with Gasteiger partial charge in [0.15, 0.2) is 0 Å². The predicted molar refractivity (Wildman–Crippen MR) is 75.7 cm³/mol. The molecule has 0 saturated heterocycles. The van der Waals surface area contributed by atoms with Crippen molar-refractivity contribution in [2.75, 3.05) is 0 Å². The van der Waals surface area contributed by atoms with Gasteiger partial charge in [0.2, 0.25) is 0 Å². The third-order valence-electron chi connectivity index (χ3n) is 3.11. The van der Waals surface area contributed by atoms with E-state index in [2.05, 4.69) is 16.0 Å². The number of rotatable bonds is 3. The van der Waals surface area contributed by atoms with Gasteiger partial charge >= 0.3 is 0 Å². The Hall–Kier alpha value is -2.93. The Bertz CT molecular complexity index is 753. The monoisotopic (exact) mass is 260 g/mol. The minimum Gasteiger partial charge on any atom is -0.326 e. The van der Waals surface area contributed by atoms with Crippen LogP contribution in [0.4, 0.5) is 0 Å². The van der Waals surface area contributed by atoms with Gasteiger partial charge < -0.3 is 4.57 Å². The first-order chi connectivity index (χ1) is 9.88. The number of aromatic nitrogens is 3. The average Bonchev–Trinajstić information content (AvgIpc) is 2.97. The number of imidazole rings is 1. The zero-order valence-corrected chi connectivity index (χ0v) is 10.8. The lowest BCUT2D eigenvalue weighted by Gasteiger charge is -2.09. The van der Waals surface area contributed by atoms with E-state index in [9.17, 15) is 0 Å². The number of nitrogens with zero attached hydrogens (tertiary/aromatic N) is 4. The van der Waals surface area contributed by atoms with Crippen LogP contribution in [0, 0.1) is 11.3 Å². The molecule has 0 aliphatic carbocycles. The van der Waals surface area contributed by atoms with E-state index in [4.69, 9.17) is 5.26 Å². The first-order valence-electron chi connectivity index (χ1n) is 6.28. The molecule has 0 amide bonds. The van der Waals surface area contributed by atoms with Crippen molar-refractivity contribution in [3.8, 4) is 17.5 Å². The molecule has 3 aromatic rings. The lowest BCUT2D eigenvalue weighted by Crippen LogP contribution is -2.03. The molecule has 2 heterocycles. The summed E-state index contributed by atoms with van der Waals surface area (Å²) in [6.45, 7) is 0.619. The Kier molecular flexibility index (Phi) is 3.25. The first-order valence-corrected chi connectivity index (χ1v) is 6.28. The summed E-state index contributed by atoms with van der Waals surface area (Å²) < 4.78 is 2.02. The SMILES string of the molecule is N#Cc1ccccc1Cn1ccnc1-c1cccnc1.